The van der Waals surface area contributed by atoms with Gasteiger partial charge >= 0.3 is 0 Å². The summed E-state index contributed by atoms with van der Waals surface area (Å²) in [4.78, 5) is 12.7. The highest BCUT2D eigenvalue weighted by molar-refractivity contribution is 5.93. The molecule has 9 heteroatoms. The molecule has 0 spiro atoms. The van der Waals surface area contributed by atoms with Crippen molar-refractivity contribution in [1.82, 2.24) is 15.5 Å². The van der Waals surface area contributed by atoms with Crippen molar-refractivity contribution in [2.45, 2.75) is 37.5 Å². The van der Waals surface area contributed by atoms with Crippen LogP contribution in [0.3, 0.4) is 0 Å². The van der Waals surface area contributed by atoms with Crippen LogP contribution >= 0.6 is 0 Å². The second kappa shape index (κ2) is 8.93. The first-order valence-electron chi connectivity index (χ1n) is 10.0. The van der Waals surface area contributed by atoms with Crippen LogP contribution in [0.15, 0.2) is 18.2 Å². The lowest BCUT2D eigenvalue weighted by atomic mass is 9.89. The molecule has 3 unspecified atom stereocenters. The molecule has 1 aliphatic carbocycles. The molecular formula is C21H27N3O6. The number of ether oxygens (including phenoxy) is 5. The molecule has 9 nitrogen and oxygen atoms in total. The van der Waals surface area contributed by atoms with Crippen molar-refractivity contribution in [3.8, 4) is 28.5 Å². The van der Waals surface area contributed by atoms with Crippen molar-refractivity contribution in [3.63, 3.8) is 0 Å². The number of aromatic amines is 1. The standard InChI is InChI=1S/C21H27N3O6/c1-26-18-8-12(9-19(27-2)20(18)28-3)14-11-15(24-23-14)21(25)22-13-4-5-16-17(10-13)30-7-6-29-16/h8-9,11,13,16-17H,4-7,10H2,1-3H3,(H,22,25)(H,23,24). The second-order valence-corrected chi connectivity index (χ2v) is 7.38. The molecule has 0 bridgehead atoms. The number of hydrogen-bond donors (Lipinski definition) is 2. The van der Waals surface area contributed by atoms with Gasteiger partial charge in [-0.15, -0.1) is 0 Å². The molecule has 1 amide bonds. The predicted molar refractivity (Wildman–Crippen MR) is 108 cm³/mol. The Bertz CT molecular complexity index is 874. The molecule has 3 atom stereocenters. The van der Waals surface area contributed by atoms with Crippen molar-refractivity contribution in [2.24, 2.45) is 0 Å². The molecule has 30 heavy (non-hydrogen) atoms. The fourth-order valence-corrected chi connectivity index (χ4v) is 4.08. The van der Waals surface area contributed by atoms with Crippen molar-refractivity contribution in [2.75, 3.05) is 34.5 Å². The Morgan fingerprint density at radius 2 is 1.73 bits per heavy atom. The van der Waals surface area contributed by atoms with Crippen LogP contribution < -0.4 is 19.5 Å². The molecule has 2 heterocycles. The molecule has 1 saturated carbocycles. The molecule has 1 saturated heterocycles. The van der Waals surface area contributed by atoms with E-state index >= 15 is 0 Å². The molecule has 2 aromatic rings. The van der Waals surface area contributed by atoms with Crippen LogP contribution in [0.25, 0.3) is 11.3 Å². The Labute approximate surface area is 175 Å². The molecule has 1 aromatic carbocycles. The topological polar surface area (TPSA) is 104 Å². The molecule has 2 aliphatic rings. The number of nitrogens with one attached hydrogen (secondary N) is 2. The van der Waals surface area contributed by atoms with Crippen LogP contribution in [-0.2, 0) is 9.47 Å². The van der Waals surface area contributed by atoms with Crippen molar-refractivity contribution >= 4 is 5.91 Å². The minimum Gasteiger partial charge on any atom is -0.493 e. The van der Waals surface area contributed by atoms with Gasteiger partial charge in [-0.05, 0) is 37.5 Å². The molecule has 4 rings (SSSR count). The molecule has 2 fully saturated rings. The van der Waals surface area contributed by atoms with E-state index < -0.39 is 0 Å². The van der Waals surface area contributed by atoms with Crippen LogP contribution in [-0.4, -0.2) is 68.9 Å². The summed E-state index contributed by atoms with van der Waals surface area (Å²) in [6.07, 6.45) is 2.70. The zero-order valence-electron chi connectivity index (χ0n) is 17.4. The van der Waals surface area contributed by atoms with E-state index in [4.69, 9.17) is 23.7 Å². The average molecular weight is 417 g/mol. The largest absolute Gasteiger partial charge is 0.493 e. The number of aromatic nitrogens is 2. The van der Waals surface area contributed by atoms with Gasteiger partial charge in [-0.1, -0.05) is 0 Å². The highest BCUT2D eigenvalue weighted by Gasteiger charge is 2.35. The van der Waals surface area contributed by atoms with Crippen LogP contribution in [0.1, 0.15) is 29.8 Å². The zero-order chi connectivity index (χ0) is 21.1. The van der Waals surface area contributed by atoms with Gasteiger partial charge in [-0.25, -0.2) is 0 Å². The van der Waals surface area contributed by atoms with Crippen molar-refractivity contribution < 1.29 is 28.5 Å². The van der Waals surface area contributed by atoms with Crippen molar-refractivity contribution in [3.05, 3.63) is 23.9 Å². The van der Waals surface area contributed by atoms with E-state index in [9.17, 15) is 4.79 Å². The third-order valence-electron chi connectivity index (χ3n) is 5.60. The number of H-pyrrole nitrogens is 1. The molecule has 1 aromatic heterocycles. The van der Waals surface area contributed by atoms with E-state index in [-0.39, 0.29) is 24.2 Å². The summed E-state index contributed by atoms with van der Waals surface area (Å²) in [7, 11) is 4.66. The van der Waals surface area contributed by atoms with Gasteiger partial charge in [0.05, 0.1) is 52.4 Å². The Morgan fingerprint density at radius 3 is 2.40 bits per heavy atom. The Hall–Kier alpha value is -2.78. The maximum absolute atomic E-state index is 12.7. The first kappa shape index (κ1) is 20.5. The summed E-state index contributed by atoms with van der Waals surface area (Å²) in [5.41, 5.74) is 1.74. The molecule has 2 N–H and O–H groups in total. The summed E-state index contributed by atoms with van der Waals surface area (Å²) in [6.45, 7) is 1.26. The summed E-state index contributed by atoms with van der Waals surface area (Å²) in [6, 6.07) is 5.34. The maximum atomic E-state index is 12.7. The Balaban J connectivity index is 1.47. The first-order valence-corrected chi connectivity index (χ1v) is 10.0. The van der Waals surface area contributed by atoms with E-state index in [1.54, 1.807) is 39.5 Å². The second-order valence-electron chi connectivity index (χ2n) is 7.38. The van der Waals surface area contributed by atoms with E-state index in [2.05, 4.69) is 15.5 Å². The summed E-state index contributed by atoms with van der Waals surface area (Å²) in [5.74, 6) is 1.35. The third kappa shape index (κ3) is 4.08. The quantitative estimate of drug-likeness (QED) is 0.742. The van der Waals surface area contributed by atoms with Crippen LogP contribution in [0.4, 0.5) is 0 Å². The van der Waals surface area contributed by atoms with E-state index in [1.165, 1.54) is 0 Å². The third-order valence-corrected chi connectivity index (χ3v) is 5.60. The van der Waals surface area contributed by atoms with E-state index in [0.29, 0.717) is 41.9 Å². The highest BCUT2D eigenvalue weighted by atomic mass is 16.6. The highest BCUT2D eigenvalue weighted by Crippen LogP contribution is 2.40. The molecular weight excluding hydrogens is 390 g/mol. The van der Waals surface area contributed by atoms with Crippen molar-refractivity contribution in [1.29, 1.82) is 0 Å². The number of methoxy groups -OCH3 is 3. The first-order chi connectivity index (χ1) is 14.6. The smallest absolute Gasteiger partial charge is 0.269 e. The normalized spacial score (nSPS) is 23.4. The van der Waals surface area contributed by atoms with Crippen LogP contribution in [0, 0.1) is 0 Å². The average Bonchev–Trinajstić information content (AvgIpc) is 3.28. The Kier molecular flexibility index (Phi) is 6.10. The number of carbonyl (C=O) groups excluding carboxylic acids is 1. The Morgan fingerprint density at radius 1 is 1.03 bits per heavy atom. The molecule has 0 radical (unpaired) electrons. The lowest BCUT2D eigenvalue weighted by Gasteiger charge is -2.38. The predicted octanol–water partition coefficient (Wildman–Crippen LogP) is 2.17. The minimum absolute atomic E-state index is 0.0494. The van der Waals surface area contributed by atoms with E-state index in [0.717, 1.165) is 24.8 Å². The minimum atomic E-state index is -0.193. The number of benzene rings is 1. The van der Waals surface area contributed by atoms with Gasteiger partial charge in [0.1, 0.15) is 5.69 Å². The number of amides is 1. The zero-order valence-corrected chi connectivity index (χ0v) is 17.4. The van der Waals surface area contributed by atoms with Crippen LogP contribution in [0.2, 0.25) is 0 Å². The lowest BCUT2D eigenvalue weighted by Crippen LogP contribution is -2.49. The summed E-state index contributed by atoms with van der Waals surface area (Å²) < 4.78 is 27.7. The van der Waals surface area contributed by atoms with Gasteiger partial charge in [-0.3, -0.25) is 9.89 Å². The summed E-state index contributed by atoms with van der Waals surface area (Å²) >= 11 is 0. The fourth-order valence-electron chi connectivity index (χ4n) is 4.08. The monoisotopic (exact) mass is 417 g/mol. The van der Waals surface area contributed by atoms with Crippen LogP contribution in [0.5, 0.6) is 17.2 Å². The van der Waals surface area contributed by atoms with Gasteiger partial charge < -0.3 is 29.0 Å². The van der Waals surface area contributed by atoms with E-state index in [1.807, 2.05) is 0 Å². The maximum Gasteiger partial charge on any atom is 0.269 e. The van der Waals surface area contributed by atoms with Gasteiger partial charge in [0.2, 0.25) is 5.75 Å². The van der Waals surface area contributed by atoms with Gasteiger partial charge in [-0.2, -0.15) is 5.10 Å². The van der Waals surface area contributed by atoms with Gasteiger partial charge in [0.15, 0.2) is 11.5 Å². The van der Waals surface area contributed by atoms with Gasteiger partial charge in [0.25, 0.3) is 5.91 Å². The summed E-state index contributed by atoms with van der Waals surface area (Å²) in [5, 5.41) is 10.2. The fraction of sp³-hybridized carbons (Fsp3) is 0.524. The molecule has 1 aliphatic heterocycles. The number of rotatable bonds is 6. The number of fused-ring (bicyclic) bond motifs is 1. The van der Waals surface area contributed by atoms with Gasteiger partial charge in [0, 0.05) is 11.6 Å². The number of carbonyl (C=O) groups is 1. The number of nitrogens with zero attached hydrogens (tertiary/aromatic N) is 1. The lowest BCUT2D eigenvalue weighted by molar-refractivity contribution is -0.157. The number of hydrogen-bond acceptors (Lipinski definition) is 7. The molecule has 162 valence electrons. The SMILES string of the molecule is COc1cc(-c2cc(C(=O)NC3CCC4OCCOC4C3)[nH]n2)cc(OC)c1OC.